The molecule has 120 valence electrons. The molecule has 1 aromatic carbocycles. The van der Waals surface area contributed by atoms with Gasteiger partial charge in [0.2, 0.25) is 0 Å². The molecule has 0 aliphatic heterocycles. The molecule has 0 saturated carbocycles. The summed E-state index contributed by atoms with van der Waals surface area (Å²) in [5, 5.41) is 5.58. The van der Waals surface area contributed by atoms with E-state index in [1.165, 1.54) is 36.1 Å². The molecule has 1 heterocycles. The van der Waals surface area contributed by atoms with Crippen LogP contribution >= 0.6 is 11.3 Å². The number of unbranched alkanes of at least 4 members (excludes halogenated alkanes) is 4. The first kappa shape index (κ1) is 17.0. The fraction of sp³-hybridized carbons (Fsp3) is 0.474. The molecule has 1 aromatic heterocycles. The van der Waals surface area contributed by atoms with Gasteiger partial charge >= 0.3 is 0 Å². The number of hydrogen-bond donors (Lipinski definition) is 1. The van der Waals surface area contributed by atoms with Crippen molar-refractivity contribution in [2.75, 3.05) is 6.61 Å². The van der Waals surface area contributed by atoms with Crippen LogP contribution in [0.4, 0.5) is 0 Å². The second-order valence-electron chi connectivity index (χ2n) is 5.59. The van der Waals surface area contributed by atoms with Crippen LogP contribution in [-0.4, -0.2) is 6.61 Å². The smallest absolute Gasteiger partial charge is 0.119 e. The van der Waals surface area contributed by atoms with Gasteiger partial charge in [-0.1, -0.05) is 50.8 Å². The summed E-state index contributed by atoms with van der Waals surface area (Å²) in [7, 11) is 0. The van der Waals surface area contributed by atoms with Crippen molar-refractivity contribution < 1.29 is 4.74 Å². The van der Waals surface area contributed by atoms with E-state index in [-0.39, 0.29) is 0 Å². The lowest BCUT2D eigenvalue weighted by molar-refractivity contribution is 0.304. The average molecular weight is 317 g/mol. The van der Waals surface area contributed by atoms with E-state index in [1.807, 2.05) is 0 Å². The third-order valence-corrected chi connectivity index (χ3v) is 4.52. The van der Waals surface area contributed by atoms with Crippen molar-refractivity contribution in [3.8, 4) is 5.75 Å². The van der Waals surface area contributed by atoms with Crippen molar-refractivity contribution in [3.63, 3.8) is 0 Å². The van der Waals surface area contributed by atoms with E-state index >= 15 is 0 Å². The highest BCUT2D eigenvalue weighted by molar-refractivity contribution is 7.09. The van der Waals surface area contributed by atoms with E-state index in [0.29, 0.717) is 0 Å². The Balaban J connectivity index is 1.60. The molecule has 0 aliphatic rings. The predicted octanol–water partition coefficient (Wildman–Crippen LogP) is 5.39. The lowest BCUT2D eigenvalue weighted by Gasteiger charge is -2.08. The number of ether oxygens (including phenoxy) is 1. The van der Waals surface area contributed by atoms with Gasteiger partial charge < -0.3 is 10.1 Å². The van der Waals surface area contributed by atoms with E-state index < -0.39 is 0 Å². The topological polar surface area (TPSA) is 21.3 Å². The molecule has 22 heavy (non-hydrogen) atoms. The number of benzene rings is 1. The summed E-state index contributed by atoms with van der Waals surface area (Å²) >= 11 is 1.79. The average Bonchev–Trinajstić information content (AvgIpc) is 3.05. The molecule has 0 saturated heterocycles. The second-order valence-corrected chi connectivity index (χ2v) is 6.62. The summed E-state index contributed by atoms with van der Waals surface area (Å²) in [6.45, 7) is 4.91. The van der Waals surface area contributed by atoms with E-state index in [9.17, 15) is 0 Å². The molecule has 0 radical (unpaired) electrons. The maximum Gasteiger partial charge on any atom is 0.119 e. The van der Waals surface area contributed by atoms with Gasteiger partial charge in [0.1, 0.15) is 5.75 Å². The van der Waals surface area contributed by atoms with Crippen molar-refractivity contribution >= 4 is 11.3 Å². The van der Waals surface area contributed by atoms with E-state index in [2.05, 4.69) is 54.0 Å². The van der Waals surface area contributed by atoms with Crippen LogP contribution in [0.25, 0.3) is 0 Å². The largest absolute Gasteiger partial charge is 0.494 e. The summed E-state index contributed by atoms with van der Waals surface area (Å²) in [5.74, 6) is 0.984. The summed E-state index contributed by atoms with van der Waals surface area (Å²) in [4.78, 5) is 1.38. The van der Waals surface area contributed by atoms with Gasteiger partial charge in [0.05, 0.1) is 6.61 Å². The van der Waals surface area contributed by atoms with Crippen molar-refractivity contribution in [1.29, 1.82) is 0 Å². The lowest BCUT2D eigenvalue weighted by atomic mass is 10.2. The van der Waals surface area contributed by atoms with Gasteiger partial charge in [-0.3, -0.25) is 0 Å². The monoisotopic (exact) mass is 317 g/mol. The lowest BCUT2D eigenvalue weighted by Crippen LogP contribution is -2.11. The molecule has 0 atom stereocenters. The Bertz CT molecular complexity index is 493. The fourth-order valence-corrected chi connectivity index (χ4v) is 3.02. The van der Waals surface area contributed by atoms with Crippen LogP contribution in [-0.2, 0) is 13.1 Å². The van der Waals surface area contributed by atoms with Crippen molar-refractivity contribution in [2.45, 2.75) is 52.1 Å². The summed E-state index contributed by atoms with van der Waals surface area (Å²) in [6.07, 6.45) is 6.40. The highest BCUT2D eigenvalue weighted by Crippen LogP contribution is 2.14. The van der Waals surface area contributed by atoms with Gasteiger partial charge in [0.25, 0.3) is 0 Å². The van der Waals surface area contributed by atoms with E-state index in [1.54, 1.807) is 11.3 Å². The van der Waals surface area contributed by atoms with Crippen LogP contribution in [0.2, 0.25) is 0 Å². The SMILES string of the molecule is CCCCCCCOc1ccc(CNCc2cccs2)cc1. The minimum absolute atomic E-state index is 0.833. The highest BCUT2D eigenvalue weighted by atomic mass is 32.1. The Morgan fingerprint density at radius 2 is 1.77 bits per heavy atom. The molecule has 2 nitrogen and oxygen atoms in total. The number of thiophene rings is 1. The normalized spacial score (nSPS) is 10.8. The van der Waals surface area contributed by atoms with Gasteiger partial charge in [0, 0.05) is 18.0 Å². The van der Waals surface area contributed by atoms with Crippen molar-refractivity contribution in [2.24, 2.45) is 0 Å². The standard InChI is InChI=1S/C19H27NOS/c1-2-3-4-5-6-13-21-18-11-9-17(10-12-18)15-20-16-19-8-7-14-22-19/h7-12,14,20H,2-6,13,15-16H2,1H3. The van der Waals surface area contributed by atoms with Crippen molar-refractivity contribution in [1.82, 2.24) is 5.32 Å². The zero-order valence-corrected chi connectivity index (χ0v) is 14.3. The Labute approximate surface area is 138 Å². The summed E-state index contributed by atoms with van der Waals surface area (Å²) in [6, 6.07) is 12.7. The van der Waals surface area contributed by atoms with Crippen molar-refractivity contribution in [3.05, 3.63) is 52.2 Å². The van der Waals surface area contributed by atoms with Crippen LogP contribution in [0.15, 0.2) is 41.8 Å². The first-order chi connectivity index (χ1) is 10.9. The van der Waals surface area contributed by atoms with Crippen LogP contribution in [0.1, 0.15) is 49.5 Å². The third kappa shape index (κ3) is 6.63. The van der Waals surface area contributed by atoms with Gasteiger partial charge in [-0.05, 0) is 35.6 Å². The van der Waals surface area contributed by atoms with Gasteiger partial charge in [0.15, 0.2) is 0 Å². The molecule has 0 fully saturated rings. The van der Waals surface area contributed by atoms with E-state index in [0.717, 1.165) is 31.9 Å². The first-order valence-electron chi connectivity index (χ1n) is 8.33. The van der Waals surface area contributed by atoms with Crippen LogP contribution < -0.4 is 10.1 Å². The Morgan fingerprint density at radius 3 is 2.50 bits per heavy atom. The van der Waals surface area contributed by atoms with Gasteiger partial charge in [-0.25, -0.2) is 0 Å². The second kappa shape index (κ2) is 10.4. The highest BCUT2D eigenvalue weighted by Gasteiger charge is 1.97. The molecule has 0 spiro atoms. The Kier molecular flexibility index (Phi) is 8.07. The molecule has 2 aromatic rings. The first-order valence-corrected chi connectivity index (χ1v) is 9.21. The zero-order valence-electron chi connectivity index (χ0n) is 13.5. The van der Waals surface area contributed by atoms with E-state index in [4.69, 9.17) is 4.74 Å². The maximum absolute atomic E-state index is 5.79. The van der Waals surface area contributed by atoms with Gasteiger partial charge in [-0.2, -0.15) is 0 Å². The van der Waals surface area contributed by atoms with Crippen LogP contribution in [0.3, 0.4) is 0 Å². The molecular weight excluding hydrogens is 290 g/mol. The summed E-state index contributed by atoms with van der Waals surface area (Å²) < 4.78 is 5.79. The Morgan fingerprint density at radius 1 is 0.955 bits per heavy atom. The molecule has 1 N–H and O–H groups in total. The van der Waals surface area contributed by atoms with Crippen LogP contribution in [0.5, 0.6) is 5.75 Å². The molecule has 0 amide bonds. The molecule has 2 rings (SSSR count). The predicted molar refractivity (Wildman–Crippen MR) is 95.6 cm³/mol. The summed E-state index contributed by atoms with van der Waals surface area (Å²) in [5.41, 5.74) is 1.30. The quantitative estimate of drug-likeness (QED) is 0.561. The number of rotatable bonds is 11. The minimum Gasteiger partial charge on any atom is -0.494 e. The third-order valence-electron chi connectivity index (χ3n) is 3.65. The minimum atomic E-state index is 0.833. The molecule has 0 bridgehead atoms. The molecule has 0 unspecified atom stereocenters. The molecule has 3 heteroatoms. The van der Waals surface area contributed by atoms with Crippen LogP contribution in [0, 0.1) is 0 Å². The molecular formula is C19H27NOS. The van der Waals surface area contributed by atoms with Gasteiger partial charge in [-0.15, -0.1) is 11.3 Å². The number of nitrogens with one attached hydrogen (secondary N) is 1. The molecule has 0 aliphatic carbocycles. The maximum atomic E-state index is 5.79. The Hall–Kier alpha value is -1.32. The zero-order chi connectivity index (χ0) is 15.5. The number of hydrogen-bond acceptors (Lipinski definition) is 3. The fourth-order valence-electron chi connectivity index (χ4n) is 2.34.